The summed E-state index contributed by atoms with van der Waals surface area (Å²) in [5, 5.41) is 16.9. The number of amides is 3. The van der Waals surface area contributed by atoms with Crippen LogP contribution in [0, 0.1) is 0 Å². The molecule has 3 amide bonds. The number of para-hydroxylation sites is 1. The van der Waals surface area contributed by atoms with Crippen molar-refractivity contribution in [3.05, 3.63) is 70.2 Å². The molecule has 11 heteroatoms. The number of aliphatic hydroxyl groups excluding tert-OH is 1. The Hall–Kier alpha value is -3.51. The molecule has 3 aromatic carbocycles. The molecule has 5 rings (SSSR count). The van der Waals surface area contributed by atoms with Crippen LogP contribution in [0.25, 0.3) is 10.8 Å². The van der Waals surface area contributed by atoms with E-state index in [1.807, 2.05) is 41.3 Å². The Kier molecular flexibility index (Phi) is 9.97. The summed E-state index contributed by atoms with van der Waals surface area (Å²) in [7, 11) is 1.68. The first-order chi connectivity index (χ1) is 20.8. The van der Waals surface area contributed by atoms with Crippen molar-refractivity contribution < 1.29 is 24.2 Å². The molecule has 1 fully saturated rings. The predicted octanol–water partition coefficient (Wildman–Crippen LogP) is 2.76. The van der Waals surface area contributed by atoms with Gasteiger partial charge in [0, 0.05) is 43.8 Å². The van der Waals surface area contributed by atoms with E-state index in [4.69, 9.17) is 9.84 Å². The van der Waals surface area contributed by atoms with Crippen molar-refractivity contribution in [1.82, 2.24) is 20.4 Å². The Balaban J connectivity index is 1.50. The smallest absolute Gasteiger partial charge is 0.257 e. The lowest BCUT2D eigenvalue weighted by Gasteiger charge is -2.35. The number of anilines is 1. The van der Waals surface area contributed by atoms with Gasteiger partial charge in [0.05, 0.1) is 23.8 Å². The monoisotopic (exact) mass is 651 g/mol. The average Bonchev–Trinajstić information content (AvgIpc) is 3.16. The first-order valence-electron chi connectivity index (χ1n) is 14.7. The zero-order chi connectivity index (χ0) is 30.5. The molecule has 0 bridgehead atoms. The molecule has 1 saturated heterocycles. The van der Waals surface area contributed by atoms with Crippen LogP contribution >= 0.6 is 15.9 Å². The highest BCUT2D eigenvalue weighted by atomic mass is 79.9. The minimum absolute atomic E-state index is 0.106. The summed E-state index contributed by atoms with van der Waals surface area (Å²) < 4.78 is 7.20. The normalized spacial score (nSPS) is 18.1. The number of fused-ring (bicyclic) bond motifs is 2. The molecule has 2 heterocycles. The van der Waals surface area contributed by atoms with Gasteiger partial charge in [-0.1, -0.05) is 52.3 Å². The topological polar surface area (TPSA) is 114 Å². The highest BCUT2D eigenvalue weighted by Crippen LogP contribution is 2.38. The molecular weight excluding hydrogens is 614 g/mol. The number of rotatable bonds is 9. The van der Waals surface area contributed by atoms with Gasteiger partial charge in [-0.05, 0) is 54.9 Å². The Morgan fingerprint density at radius 1 is 1.05 bits per heavy atom. The van der Waals surface area contributed by atoms with Crippen molar-refractivity contribution in [2.75, 3.05) is 57.9 Å². The van der Waals surface area contributed by atoms with Gasteiger partial charge in [-0.3, -0.25) is 19.3 Å². The Labute approximate surface area is 260 Å². The van der Waals surface area contributed by atoms with E-state index in [0.29, 0.717) is 36.5 Å². The summed E-state index contributed by atoms with van der Waals surface area (Å²) in [6, 6.07) is 15.8. The Bertz CT molecular complexity index is 1490. The molecule has 3 N–H and O–H groups in total. The molecular formula is C32H38BrN5O5. The van der Waals surface area contributed by atoms with Crippen LogP contribution in [0.5, 0.6) is 5.75 Å². The van der Waals surface area contributed by atoms with E-state index in [2.05, 4.69) is 31.5 Å². The number of benzene rings is 3. The van der Waals surface area contributed by atoms with Gasteiger partial charge in [0.15, 0.2) is 5.75 Å². The number of nitrogens with zero attached hydrogens (tertiary/aromatic N) is 3. The number of halogens is 1. The summed E-state index contributed by atoms with van der Waals surface area (Å²) >= 11 is 3.63. The van der Waals surface area contributed by atoms with Crippen molar-refractivity contribution in [1.29, 1.82) is 0 Å². The number of piperazine rings is 1. The lowest BCUT2D eigenvalue weighted by molar-refractivity contribution is -0.129. The number of hydrogen-bond acceptors (Lipinski definition) is 7. The first kappa shape index (κ1) is 30.9. The summed E-state index contributed by atoms with van der Waals surface area (Å²) in [4.78, 5) is 46.5. The van der Waals surface area contributed by atoms with Crippen LogP contribution in [0.4, 0.5) is 5.69 Å². The molecule has 0 aromatic heterocycles. The highest BCUT2D eigenvalue weighted by Gasteiger charge is 2.36. The van der Waals surface area contributed by atoms with Crippen LogP contribution in [-0.2, 0) is 16.1 Å². The Morgan fingerprint density at radius 3 is 2.51 bits per heavy atom. The van der Waals surface area contributed by atoms with Gasteiger partial charge >= 0.3 is 0 Å². The van der Waals surface area contributed by atoms with Crippen molar-refractivity contribution >= 4 is 50.1 Å². The molecule has 0 saturated carbocycles. The molecule has 2 aliphatic heterocycles. The molecule has 0 radical (unpaired) electrons. The lowest BCUT2D eigenvalue weighted by Crippen LogP contribution is -2.53. The fraction of sp³-hybridized carbons (Fsp3) is 0.406. The number of carbonyl (C=O) groups excluding carboxylic acids is 3. The minimum Gasteiger partial charge on any atom is -0.488 e. The number of carbonyl (C=O) groups is 3. The fourth-order valence-electron chi connectivity index (χ4n) is 5.57. The predicted molar refractivity (Wildman–Crippen MR) is 169 cm³/mol. The maximum absolute atomic E-state index is 14.2. The van der Waals surface area contributed by atoms with Crippen LogP contribution in [-0.4, -0.2) is 97.7 Å². The summed E-state index contributed by atoms with van der Waals surface area (Å²) in [6.07, 6.45) is 0.705. The molecule has 43 heavy (non-hydrogen) atoms. The summed E-state index contributed by atoms with van der Waals surface area (Å²) in [6.45, 7) is 5.34. The second kappa shape index (κ2) is 13.9. The third-order valence-corrected chi connectivity index (χ3v) is 8.89. The standard InChI is InChI=1S/C32H38BrN5O5/c1-21(34-2)30(40)35-27-20-43-29-25(31(41)37-16-14-36(15-17-37)13-6-18-39)9-5-10-28(29)38(32(27)42)19-22-11-12-26(33)24-8-4-3-7-23(22)24/h3-5,7-12,21,27,34,39H,6,13-20H2,1-2H3,(H,35,40)/t21-,27?/m0/s1. The molecule has 1 unspecified atom stereocenters. The van der Waals surface area contributed by atoms with E-state index < -0.39 is 12.1 Å². The Morgan fingerprint density at radius 2 is 1.79 bits per heavy atom. The van der Waals surface area contributed by atoms with E-state index in [0.717, 1.165) is 40.4 Å². The van der Waals surface area contributed by atoms with Crippen molar-refractivity contribution in [3.8, 4) is 5.75 Å². The van der Waals surface area contributed by atoms with E-state index in [1.165, 1.54) is 0 Å². The van der Waals surface area contributed by atoms with Gasteiger partial charge < -0.3 is 30.3 Å². The number of likely N-dealkylation sites (N-methyl/N-ethyl adjacent to an activating group) is 1. The third kappa shape index (κ3) is 6.70. The molecule has 2 atom stereocenters. The second-order valence-electron chi connectivity index (χ2n) is 10.9. The van der Waals surface area contributed by atoms with Gasteiger partial charge in [0.1, 0.15) is 12.6 Å². The van der Waals surface area contributed by atoms with Gasteiger partial charge in [-0.2, -0.15) is 0 Å². The summed E-state index contributed by atoms with van der Waals surface area (Å²) in [5.41, 5.74) is 1.79. The highest BCUT2D eigenvalue weighted by molar-refractivity contribution is 9.10. The van der Waals surface area contributed by atoms with Gasteiger partial charge in [-0.25, -0.2) is 0 Å². The largest absolute Gasteiger partial charge is 0.488 e. The molecule has 3 aromatic rings. The van der Waals surface area contributed by atoms with Crippen molar-refractivity contribution in [2.24, 2.45) is 0 Å². The number of nitrogens with one attached hydrogen (secondary N) is 2. The maximum atomic E-state index is 14.2. The zero-order valence-corrected chi connectivity index (χ0v) is 26.1. The van der Waals surface area contributed by atoms with Gasteiger partial charge in [-0.15, -0.1) is 0 Å². The maximum Gasteiger partial charge on any atom is 0.257 e. The van der Waals surface area contributed by atoms with Crippen molar-refractivity contribution in [3.63, 3.8) is 0 Å². The first-order valence-corrected chi connectivity index (χ1v) is 15.4. The van der Waals surface area contributed by atoms with Crippen LogP contribution in [0.3, 0.4) is 0 Å². The molecule has 228 valence electrons. The van der Waals surface area contributed by atoms with Crippen LogP contribution in [0.2, 0.25) is 0 Å². The zero-order valence-electron chi connectivity index (χ0n) is 24.5. The minimum atomic E-state index is -0.949. The molecule has 0 spiro atoms. The molecule has 0 aliphatic carbocycles. The van der Waals surface area contributed by atoms with E-state index in [9.17, 15) is 14.4 Å². The van der Waals surface area contributed by atoms with Crippen molar-refractivity contribution in [2.45, 2.75) is 32.0 Å². The quantitative estimate of drug-likeness (QED) is 0.326. The van der Waals surface area contributed by atoms with E-state index in [1.54, 1.807) is 37.1 Å². The van der Waals surface area contributed by atoms with Crippen LogP contribution in [0.1, 0.15) is 29.3 Å². The van der Waals surface area contributed by atoms with E-state index >= 15 is 0 Å². The van der Waals surface area contributed by atoms with Gasteiger partial charge in [0.25, 0.3) is 11.8 Å². The van der Waals surface area contributed by atoms with E-state index in [-0.39, 0.29) is 37.5 Å². The SMILES string of the molecule is CN[C@@H](C)C(=O)NC1COc2c(C(=O)N3CCN(CCCO)CC3)cccc2N(Cc2ccc(Br)c3ccccc23)C1=O. The van der Waals surface area contributed by atoms with Crippen LogP contribution < -0.4 is 20.3 Å². The number of ether oxygens (including phenoxy) is 1. The third-order valence-electron chi connectivity index (χ3n) is 8.20. The second-order valence-corrected chi connectivity index (χ2v) is 11.8. The number of aliphatic hydroxyl groups is 1. The van der Waals surface area contributed by atoms with Crippen LogP contribution in [0.15, 0.2) is 59.1 Å². The molecule has 2 aliphatic rings. The summed E-state index contributed by atoms with van der Waals surface area (Å²) in [5.74, 6) is -0.459. The fourth-order valence-corrected chi connectivity index (χ4v) is 6.05. The van der Waals surface area contributed by atoms with Gasteiger partial charge in [0.2, 0.25) is 5.91 Å². The lowest BCUT2D eigenvalue weighted by atomic mass is 10.0. The average molecular weight is 653 g/mol. The number of hydrogen-bond donors (Lipinski definition) is 3. The molecule has 10 nitrogen and oxygen atoms in total.